The molecular formula is C18H14N2O3S. The highest BCUT2D eigenvalue weighted by atomic mass is 32.1. The molecule has 0 saturated heterocycles. The highest BCUT2D eigenvalue weighted by Crippen LogP contribution is 2.23. The van der Waals surface area contributed by atoms with Gasteiger partial charge in [0.25, 0.3) is 0 Å². The van der Waals surface area contributed by atoms with Gasteiger partial charge in [0, 0.05) is 12.4 Å². The number of para-hydroxylation sites is 1. The fourth-order valence-electron chi connectivity index (χ4n) is 2.58. The molecule has 0 N–H and O–H groups in total. The standard InChI is InChI=1S/C18H14N2O3S/c1-20-13-8-7-12(22-2)10-16(13)24-18(20)19-17(21)15-9-11-5-3-4-6-14(11)23-15/h3-10H,1-2H3. The summed E-state index contributed by atoms with van der Waals surface area (Å²) >= 11 is 1.44. The van der Waals surface area contributed by atoms with Gasteiger partial charge in [-0.2, -0.15) is 4.99 Å². The van der Waals surface area contributed by atoms with Crippen LogP contribution in [0.2, 0.25) is 0 Å². The number of thiazole rings is 1. The molecule has 24 heavy (non-hydrogen) atoms. The third kappa shape index (κ3) is 2.41. The third-order valence-electron chi connectivity index (χ3n) is 3.85. The van der Waals surface area contributed by atoms with Crippen LogP contribution in [0.3, 0.4) is 0 Å². The van der Waals surface area contributed by atoms with Crippen molar-refractivity contribution < 1.29 is 13.9 Å². The normalized spacial score (nSPS) is 12.2. The van der Waals surface area contributed by atoms with E-state index in [0.29, 0.717) is 10.4 Å². The average molecular weight is 338 g/mol. The maximum atomic E-state index is 12.4. The Balaban J connectivity index is 1.80. The fraction of sp³-hybridized carbons (Fsp3) is 0.111. The highest BCUT2D eigenvalue weighted by Gasteiger charge is 2.12. The molecule has 0 unspecified atom stereocenters. The smallest absolute Gasteiger partial charge is 0.315 e. The summed E-state index contributed by atoms with van der Waals surface area (Å²) in [6.07, 6.45) is 0. The van der Waals surface area contributed by atoms with E-state index in [0.717, 1.165) is 21.4 Å². The first-order valence-electron chi connectivity index (χ1n) is 7.37. The minimum Gasteiger partial charge on any atom is -0.497 e. The second-order valence-electron chi connectivity index (χ2n) is 5.34. The SMILES string of the molecule is COc1ccc2c(c1)sc(=NC(=O)c1cc3ccccc3o1)n2C. The highest BCUT2D eigenvalue weighted by molar-refractivity contribution is 7.16. The van der Waals surface area contributed by atoms with Gasteiger partial charge in [-0.25, -0.2) is 0 Å². The van der Waals surface area contributed by atoms with Crippen LogP contribution in [0, 0.1) is 0 Å². The molecule has 6 heteroatoms. The minimum atomic E-state index is -0.389. The number of benzene rings is 2. The number of hydrogen-bond acceptors (Lipinski definition) is 4. The zero-order valence-corrected chi connectivity index (χ0v) is 14.0. The van der Waals surface area contributed by atoms with Crippen molar-refractivity contribution in [2.24, 2.45) is 12.0 Å². The van der Waals surface area contributed by atoms with Crippen LogP contribution >= 0.6 is 11.3 Å². The van der Waals surface area contributed by atoms with Gasteiger partial charge in [-0.3, -0.25) is 4.79 Å². The molecule has 0 bridgehead atoms. The van der Waals surface area contributed by atoms with Crippen molar-refractivity contribution in [2.45, 2.75) is 0 Å². The van der Waals surface area contributed by atoms with E-state index in [1.54, 1.807) is 13.2 Å². The zero-order valence-electron chi connectivity index (χ0n) is 13.1. The fourth-order valence-corrected chi connectivity index (χ4v) is 3.62. The van der Waals surface area contributed by atoms with Crippen molar-refractivity contribution in [1.82, 2.24) is 4.57 Å². The van der Waals surface area contributed by atoms with E-state index in [1.165, 1.54) is 11.3 Å². The molecule has 0 fully saturated rings. The number of hydrogen-bond donors (Lipinski definition) is 0. The van der Waals surface area contributed by atoms with E-state index in [-0.39, 0.29) is 11.7 Å². The number of furan rings is 1. The molecule has 0 aliphatic rings. The first-order chi connectivity index (χ1) is 11.7. The van der Waals surface area contributed by atoms with Crippen LogP contribution in [0.15, 0.2) is 57.9 Å². The lowest BCUT2D eigenvalue weighted by molar-refractivity contribution is 0.0973. The van der Waals surface area contributed by atoms with E-state index in [1.807, 2.05) is 54.1 Å². The number of ether oxygens (including phenoxy) is 1. The molecule has 1 amide bonds. The number of carbonyl (C=O) groups is 1. The summed E-state index contributed by atoms with van der Waals surface area (Å²) < 4.78 is 13.7. The van der Waals surface area contributed by atoms with E-state index in [4.69, 9.17) is 9.15 Å². The molecule has 0 spiro atoms. The van der Waals surface area contributed by atoms with Crippen LogP contribution in [-0.4, -0.2) is 17.6 Å². The van der Waals surface area contributed by atoms with E-state index < -0.39 is 0 Å². The van der Waals surface area contributed by atoms with Gasteiger partial charge in [-0.15, -0.1) is 0 Å². The molecule has 0 saturated carbocycles. The Kier molecular flexibility index (Phi) is 3.46. The Hall–Kier alpha value is -2.86. The topological polar surface area (TPSA) is 56.7 Å². The van der Waals surface area contributed by atoms with Crippen molar-refractivity contribution in [3.63, 3.8) is 0 Å². The van der Waals surface area contributed by atoms with Crippen LogP contribution < -0.4 is 9.54 Å². The largest absolute Gasteiger partial charge is 0.497 e. The predicted molar refractivity (Wildman–Crippen MR) is 93.5 cm³/mol. The number of methoxy groups -OCH3 is 1. The summed E-state index contributed by atoms with van der Waals surface area (Å²) in [5.74, 6) is 0.631. The number of aryl methyl sites for hydroxylation is 1. The first kappa shape index (κ1) is 14.7. The molecule has 0 radical (unpaired) electrons. The second kappa shape index (κ2) is 5.65. The summed E-state index contributed by atoms with van der Waals surface area (Å²) in [5.41, 5.74) is 1.68. The zero-order chi connectivity index (χ0) is 16.7. The van der Waals surface area contributed by atoms with Crippen molar-refractivity contribution in [2.75, 3.05) is 7.11 Å². The number of aromatic nitrogens is 1. The Morgan fingerprint density at radius 3 is 2.83 bits per heavy atom. The monoisotopic (exact) mass is 338 g/mol. The third-order valence-corrected chi connectivity index (χ3v) is 4.94. The Morgan fingerprint density at radius 1 is 1.21 bits per heavy atom. The Bertz CT molecular complexity index is 1100. The van der Waals surface area contributed by atoms with Gasteiger partial charge < -0.3 is 13.7 Å². The summed E-state index contributed by atoms with van der Waals surface area (Å²) in [6, 6.07) is 15.0. The quantitative estimate of drug-likeness (QED) is 0.559. The number of fused-ring (bicyclic) bond motifs is 2. The number of nitrogens with zero attached hydrogens (tertiary/aromatic N) is 2. The lowest BCUT2D eigenvalue weighted by atomic mass is 10.2. The van der Waals surface area contributed by atoms with Gasteiger partial charge in [-0.05, 0) is 30.3 Å². The molecule has 2 aromatic heterocycles. The van der Waals surface area contributed by atoms with Gasteiger partial charge in [0.15, 0.2) is 10.6 Å². The van der Waals surface area contributed by atoms with E-state index in [9.17, 15) is 4.79 Å². The van der Waals surface area contributed by atoms with Gasteiger partial charge in [0.2, 0.25) is 0 Å². The number of carbonyl (C=O) groups excluding carboxylic acids is 1. The van der Waals surface area contributed by atoms with Gasteiger partial charge >= 0.3 is 5.91 Å². The van der Waals surface area contributed by atoms with Crippen LogP contribution in [0.5, 0.6) is 5.75 Å². The van der Waals surface area contributed by atoms with E-state index in [2.05, 4.69) is 4.99 Å². The predicted octanol–water partition coefficient (Wildman–Crippen LogP) is 3.74. The van der Waals surface area contributed by atoms with Gasteiger partial charge in [0.1, 0.15) is 11.3 Å². The molecule has 0 aliphatic carbocycles. The summed E-state index contributed by atoms with van der Waals surface area (Å²) in [6.45, 7) is 0. The molecular weight excluding hydrogens is 324 g/mol. The Morgan fingerprint density at radius 2 is 2.04 bits per heavy atom. The van der Waals surface area contributed by atoms with Gasteiger partial charge in [0.05, 0.1) is 17.3 Å². The molecule has 4 aromatic rings. The number of amides is 1. The molecule has 5 nitrogen and oxygen atoms in total. The van der Waals surface area contributed by atoms with Crippen molar-refractivity contribution in [1.29, 1.82) is 0 Å². The van der Waals surface area contributed by atoms with Crippen molar-refractivity contribution >= 4 is 38.4 Å². The lowest BCUT2D eigenvalue weighted by Crippen LogP contribution is -2.12. The van der Waals surface area contributed by atoms with Crippen molar-refractivity contribution in [3.05, 3.63) is 59.1 Å². The van der Waals surface area contributed by atoms with Crippen LogP contribution in [0.4, 0.5) is 0 Å². The van der Waals surface area contributed by atoms with Gasteiger partial charge in [-0.1, -0.05) is 29.5 Å². The van der Waals surface area contributed by atoms with Crippen molar-refractivity contribution in [3.8, 4) is 5.75 Å². The maximum Gasteiger partial charge on any atom is 0.315 e. The maximum absolute atomic E-state index is 12.4. The second-order valence-corrected chi connectivity index (χ2v) is 6.35. The Labute approximate surface area is 141 Å². The molecule has 0 aliphatic heterocycles. The minimum absolute atomic E-state index is 0.242. The number of rotatable bonds is 2. The molecule has 0 atom stereocenters. The van der Waals surface area contributed by atoms with Crippen LogP contribution in [-0.2, 0) is 7.05 Å². The average Bonchev–Trinajstić information content (AvgIpc) is 3.16. The summed E-state index contributed by atoms with van der Waals surface area (Å²) in [4.78, 5) is 17.3. The first-order valence-corrected chi connectivity index (χ1v) is 8.18. The van der Waals surface area contributed by atoms with Crippen LogP contribution in [0.25, 0.3) is 21.2 Å². The summed E-state index contributed by atoms with van der Waals surface area (Å²) in [7, 11) is 3.52. The van der Waals surface area contributed by atoms with E-state index >= 15 is 0 Å². The molecule has 4 rings (SSSR count). The van der Waals surface area contributed by atoms with Crippen LogP contribution in [0.1, 0.15) is 10.6 Å². The molecule has 120 valence electrons. The lowest BCUT2D eigenvalue weighted by Gasteiger charge is -1.99. The molecule has 2 heterocycles. The summed E-state index contributed by atoms with van der Waals surface area (Å²) in [5, 5.41) is 0.890. The molecule has 2 aromatic carbocycles.